The Hall–Kier alpha value is -1.44. The minimum Gasteiger partial charge on any atom is -0.237 e. The smallest absolute Gasteiger partial charge is 0.158 e. The fraction of sp³-hybridized carbons (Fsp3) is 0.273. The van der Waals surface area contributed by atoms with Gasteiger partial charge in [-0.05, 0) is 26.8 Å². The molecule has 0 fully saturated rings. The van der Waals surface area contributed by atoms with Gasteiger partial charge in [-0.2, -0.15) is 0 Å². The summed E-state index contributed by atoms with van der Waals surface area (Å²) in [5.41, 5.74) is 3.07. The zero-order valence-electron chi connectivity index (χ0n) is 8.33. The number of hydrogen-bond acceptors (Lipinski definition) is 1. The first kappa shape index (κ1) is 9.65. The van der Waals surface area contributed by atoms with Gasteiger partial charge in [-0.25, -0.2) is 9.98 Å². The Labute approximate surface area is 79.1 Å². The maximum Gasteiger partial charge on any atom is 0.158 e. The molecule has 2 nitrogen and oxygen atoms in total. The van der Waals surface area contributed by atoms with Crippen LogP contribution in [-0.2, 0) is 0 Å². The van der Waals surface area contributed by atoms with Gasteiger partial charge in [0, 0.05) is 17.5 Å². The predicted molar refractivity (Wildman–Crippen MR) is 58.3 cm³/mol. The summed E-state index contributed by atoms with van der Waals surface area (Å²) in [6, 6.07) is 0. The molecule has 13 heavy (non-hydrogen) atoms. The summed E-state index contributed by atoms with van der Waals surface area (Å²) in [5.74, 6) is 0.709. The molecule has 0 saturated carbocycles. The molecule has 0 aromatic heterocycles. The Morgan fingerprint density at radius 1 is 1.38 bits per heavy atom. The summed E-state index contributed by atoms with van der Waals surface area (Å²) >= 11 is 0. The molecule has 1 rings (SSSR count). The fourth-order valence-electron chi connectivity index (χ4n) is 0.802. The highest BCUT2D eigenvalue weighted by Gasteiger charge is 2.02. The van der Waals surface area contributed by atoms with Crippen LogP contribution in [0, 0.1) is 0 Å². The van der Waals surface area contributed by atoms with Gasteiger partial charge in [0.2, 0.25) is 0 Å². The van der Waals surface area contributed by atoms with Crippen LogP contribution in [0.15, 0.2) is 45.6 Å². The van der Waals surface area contributed by atoms with Crippen molar-refractivity contribution in [3.05, 3.63) is 35.6 Å². The Balaban J connectivity index is 2.96. The highest BCUT2D eigenvalue weighted by Crippen LogP contribution is 2.09. The third kappa shape index (κ3) is 2.51. The zero-order chi connectivity index (χ0) is 9.84. The van der Waals surface area contributed by atoms with E-state index in [2.05, 4.69) is 16.6 Å². The van der Waals surface area contributed by atoms with Crippen LogP contribution in [0.4, 0.5) is 0 Å². The van der Waals surface area contributed by atoms with Gasteiger partial charge < -0.3 is 0 Å². The van der Waals surface area contributed by atoms with Crippen LogP contribution in [0.2, 0.25) is 0 Å². The fourth-order valence-corrected chi connectivity index (χ4v) is 0.802. The number of aliphatic imine (C=N–C) groups is 2. The van der Waals surface area contributed by atoms with Crippen LogP contribution < -0.4 is 0 Å². The van der Waals surface area contributed by atoms with Crippen molar-refractivity contribution in [2.24, 2.45) is 9.98 Å². The van der Waals surface area contributed by atoms with Crippen molar-refractivity contribution < 1.29 is 0 Å². The molecule has 1 heterocycles. The van der Waals surface area contributed by atoms with E-state index >= 15 is 0 Å². The molecule has 1 aliphatic rings. The molecule has 1 aliphatic heterocycles. The summed E-state index contributed by atoms with van der Waals surface area (Å²) in [7, 11) is 0. The van der Waals surface area contributed by atoms with E-state index in [0.717, 1.165) is 11.3 Å². The van der Waals surface area contributed by atoms with Gasteiger partial charge in [0.15, 0.2) is 5.84 Å². The monoisotopic (exact) mass is 174 g/mol. The predicted octanol–water partition coefficient (Wildman–Crippen LogP) is 2.90. The standard InChI is InChI=1S/C11H14N2/c1-8(2)10(4)13-11-9(3)6-5-7-12-11/h5-7H,3H2,1-2,4H3/b13-11+. The van der Waals surface area contributed by atoms with Gasteiger partial charge in [0.1, 0.15) is 0 Å². The molecule has 0 amide bonds. The first-order valence-corrected chi connectivity index (χ1v) is 4.24. The highest BCUT2D eigenvalue weighted by atomic mass is 14.9. The lowest BCUT2D eigenvalue weighted by atomic mass is 10.2. The van der Waals surface area contributed by atoms with Crippen molar-refractivity contribution in [3.8, 4) is 0 Å². The van der Waals surface area contributed by atoms with Crippen molar-refractivity contribution in [1.82, 2.24) is 0 Å². The zero-order valence-corrected chi connectivity index (χ0v) is 8.33. The Morgan fingerprint density at radius 3 is 2.62 bits per heavy atom. The van der Waals surface area contributed by atoms with E-state index in [1.165, 1.54) is 5.57 Å². The number of nitrogens with zero attached hydrogens (tertiary/aromatic N) is 2. The van der Waals surface area contributed by atoms with E-state index < -0.39 is 0 Å². The number of rotatable bonds is 1. The lowest BCUT2D eigenvalue weighted by molar-refractivity contribution is 1.18. The van der Waals surface area contributed by atoms with Gasteiger partial charge in [-0.3, -0.25) is 0 Å². The van der Waals surface area contributed by atoms with Crippen molar-refractivity contribution in [2.75, 3.05) is 0 Å². The first-order valence-electron chi connectivity index (χ1n) is 4.24. The quantitative estimate of drug-likeness (QED) is 0.584. The van der Waals surface area contributed by atoms with Crippen molar-refractivity contribution in [1.29, 1.82) is 0 Å². The minimum atomic E-state index is 0.709. The first-order chi connectivity index (χ1) is 6.11. The second-order valence-electron chi connectivity index (χ2n) is 3.18. The summed E-state index contributed by atoms with van der Waals surface area (Å²) in [5, 5.41) is 0. The number of amidine groups is 1. The second-order valence-corrected chi connectivity index (χ2v) is 3.18. The molecule has 0 aromatic rings. The van der Waals surface area contributed by atoms with Crippen molar-refractivity contribution in [3.63, 3.8) is 0 Å². The van der Waals surface area contributed by atoms with Gasteiger partial charge in [-0.1, -0.05) is 18.2 Å². The van der Waals surface area contributed by atoms with Crippen LogP contribution >= 0.6 is 0 Å². The summed E-state index contributed by atoms with van der Waals surface area (Å²) in [4.78, 5) is 8.50. The SMILES string of the molecule is C=C1C=CC=N/C1=N/C(C)=C(C)C. The average molecular weight is 174 g/mol. The molecule has 0 unspecified atom stereocenters. The van der Waals surface area contributed by atoms with Crippen LogP contribution in [0.25, 0.3) is 0 Å². The molecule has 0 bridgehead atoms. The van der Waals surface area contributed by atoms with E-state index in [9.17, 15) is 0 Å². The number of dihydropyridines is 1. The Bertz CT molecular complexity index is 337. The molecule has 2 heteroatoms. The normalized spacial score (nSPS) is 18.1. The van der Waals surface area contributed by atoms with Crippen molar-refractivity contribution in [2.45, 2.75) is 20.8 Å². The second kappa shape index (κ2) is 3.99. The van der Waals surface area contributed by atoms with E-state index in [1.54, 1.807) is 6.21 Å². The lowest BCUT2D eigenvalue weighted by Gasteiger charge is -2.04. The molecule has 0 spiro atoms. The van der Waals surface area contributed by atoms with E-state index in [-0.39, 0.29) is 0 Å². The summed E-state index contributed by atoms with van der Waals surface area (Å²) in [6.45, 7) is 9.89. The summed E-state index contributed by atoms with van der Waals surface area (Å²) < 4.78 is 0. The third-order valence-electron chi connectivity index (χ3n) is 1.86. The maximum absolute atomic E-state index is 4.36. The van der Waals surface area contributed by atoms with Crippen LogP contribution in [0.1, 0.15) is 20.8 Å². The average Bonchev–Trinajstić information content (AvgIpc) is 2.08. The molecule has 0 aromatic carbocycles. The molecule has 0 radical (unpaired) electrons. The minimum absolute atomic E-state index is 0.709. The molecule has 0 N–H and O–H groups in total. The number of allylic oxidation sites excluding steroid dienone is 3. The number of hydrogen-bond donors (Lipinski definition) is 0. The van der Waals surface area contributed by atoms with E-state index in [4.69, 9.17) is 0 Å². The lowest BCUT2D eigenvalue weighted by Crippen LogP contribution is -2.00. The molecule has 0 saturated heterocycles. The maximum atomic E-state index is 4.36. The highest BCUT2D eigenvalue weighted by molar-refractivity contribution is 6.08. The molecule has 0 atom stereocenters. The molecular weight excluding hydrogens is 160 g/mol. The van der Waals surface area contributed by atoms with Crippen LogP contribution in [-0.4, -0.2) is 12.1 Å². The van der Waals surface area contributed by atoms with Crippen LogP contribution in [0.3, 0.4) is 0 Å². The Kier molecular flexibility index (Phi) is 2.96. The van der Waals surface area contributed by atoms with Gasteiger partial charge in [0.05, 0.1) is 0 Å². The molecule has 68 valence electrons. The van der Waals surface area contributed by atoms with Crippen molar-refractivity contribution >= 4 is 12.1 Å². The van der Waals surface area contributed by atoms with Crippen LogP contribution in [0.5, 0.6) is 0 Å². The third-order valence-corrected chi connectivity index (χ3v) is 1.86. The van der Waals surface area contributed by atoms with Gasteiger partial charge in [0.25, 0.3) is 0 Å². The molecule has 0 aliphatic carbocycles. The Morgan fingerprint density at radius 2 is 2.08 bits per heavy atom. The topological polar surface area (TPSA) is 24.7 Å². The van der Waals surface area contributed by atoms with E-state index in [0.29, 0.717) is 5.84 Å². The summed E-state index contributed by atoms with van der Waals surface area (Å²) in [6.07, 6.45) is 5.50. The molecular formula is C11H14N2. The van der Waals surface area contributed by atoms with Gasteiger partial charge in [-0.15, -0.1) is 0 Å². The van der Waals surface area contributed by atoms with E-state index in [1.807, 2.05) is 32.9 Å². The van der Waals surface area contributed by atoms with Gasteiger partial charge >= 0.3 is 0 Å². The largest absolute Gasteiger partial charge is 0.237 e.